The number of hydrogen-bond donors (Lipinski definition) is 3. The molecule has 0 fully saturated rings. The normalized spacial score (nSPS) is 13.6. The first-order chi connectivity index (χ1) is 7.13. The molecule has 0 saturated carbocycles. The molecule has 0 amide bonds. The van der Waals surface area contributed by atoms with E-state index in [1.807, 2.05) is 31.2 Å². The van der Waals surface area contributed by atoms with Crippen LogP contribution in [0.4, 0.5) is 5.69 Å². The second-order valence-electron chi connectivity index (χ2n) is 3.32. The number of anilines is 1. The van der Waals surface area contributed by atoms with Crippen LogP contribution in [0.5, 0.6) is 0 Å². The number of nitrogens with zero attached hydrogens (tertiary/aromatic N) is 1. The van der Waals surface area contributed by atoms with E-state index < -0.39 is 0 Å². The fraction of sp³-hybridized carbons (Fsp3) is 0.300. The lowest BCUT2D eigenvalue weighted by atomic mass is 10.2. The van der Waals surface area contributed by atoms with Crippen molar-refractivity contribution in [2.24, 2.45) is 10.9 Å². The van der Waals surface area contributed by atoms with Gasteiger partial charge in [-0.3, -0.25) is 0 Å². The van der Waals surface area contributed by atoms with Gasteiger partial charge in [0.15, 0.2) is 0 Å². The molecule has 15 heavy (non-hydrogen) atoms. The molecule has 0 aromatic heterocycles. The van der Waals surface area contributed by atoms with Crippen molar-refractivity contribution in [3.05, 3.63) is 27.8 Å². The van der Waals surface area contributed by atoms with Gasteiger partial charge in [0.2, 0.25) is 0 Å². The van der Waals surface area contributed by atoms with Crippen LogP contribution >= 0.6 is 22.6 Å². The average molecular weight is 319 g/mol. The van der Waals surface area contributed by atoms with Gasteiger partial charge in [-0.1, -0.05) is 17.3 Å². The molecule has 4 nitrogen and oxygen atoms in total. The van der Waals surface area contributed by atoms with Crippen LogP contribution < -0.4 is 11.1 Å². The third-order valence-corrected chi connectivity index (χ3v) is 2.86. The number of halogens is 1. The maximum atomic E-state index is 8.44. The van der Waals surface area contributed by atoms with Crippen LogP contribution in [0.3, 0.4) is 0 Å². The minimum absolute atomic E-state index is 0.136. The predicted molar refractivity (Wildman–Crippen MR) is 70.3 cm³/mol. The summed E-state index contributed by atoms with van der Waals surface area (Å²) >= 11 is 2.26. The van der Waals surface area contributed by atoms with Gasteiger partial charge in [-0.25, -0.2) is 0 Å². The second-order valence-corrected chi connectivity index (χ2v) is 4.48. The zero-order valence-electron chi connectivity index (χ0n) is 8.44. The van der Waals surface area contributed by atoms with Crippen molar-refractivity contribution in [1.29, 1.82) is 0 Å². The number of benzene rings is 1. The Kier molecular flexibility index (Phi) is 4.67. The Morgan fingerprint density at radius 1 is 1.60 bits per heavy atom. The molecule has 0 aliphatic heterocycles. The molecule has 0 bridgehead atoms. The third kappa shape index (κ3) is 3.94. The molecule has 0 aliphatic rings. The van der Waals surface area contributed by atoms with Crippen LogP contribution in [0.25, 0.3) is 0 Å². The van der Waals surface area contributed by atoms with Gasteiger partial charge in [-0.05, 0) is 41.6 Å². The van der Waals surface area contributed by atoms with Crippen molar-refractivity contribution < 1.29 is 5.21 Å². The van der Waals surface area contributed by atoms with Gasteiger partial charge in [0.25, 0.3) is 0 Å². The molecule has 1 aromatic rings. The minimum Gasteiger partial charge on any atom is -0.409 e. The molecule has 1 aromatic carbocycles. The lowest BCUT2D eigenvalue weighted by Gasteiger charge is -2.15. The smallest absolute Gasteiger partial charge is 0.141 e. The Balaban J connectivity index is 2.59. The van der Waals surface area contributed by atoms with Crippen LogP contribution in [0.15, 0.2) is 29.4 Å². The minimum atomic E-state index is 0.136. The Hall–Kier alpha value is -0.980. The predicted octanol–water partition coefficient (Wildman–Crippen LogP) is 2.23. The zero-order valence-corrected chi connectivity index (χ0v) is 10.6. The molecule has 1 rings (SSSR count). The number of nitrogens with two attached hydrogens (primary N) is 1. The van der Waals surface area contributed by atoms with Crippen molar-refractivity contribution in [3.8, 4) is 0 Å². The Labute approximate surface area is 103 Å². The SMILES string of the molecule is CC(CC(N)=NO)Nc1ccccc1I. The molecule has 0 heterocycles. The van der Waals surface area contributed by atoms with Gasteiger partial charge in [-0.15, -0.1) is 0 Å². The summed E-state index contributed by atoms with van der Waals surface area (Å²) in [5.74, 6) is 0.237. The first-order valence-corrected chi connectivity index (χ1v) is 5.69. The van der Waals surface area contributed by atoms with Crippen LogP contribution in [0.1, 0.15) is 13.3 Å². The molecule has 4 N–H and O–H groups in total. The lowest BCUT2D eigenvalue weighted by Crippen LogP contribution is -2.24. The van der Waals surface area contributed by atoms with E-state index in [4.69, 9.17) is 10.9 Å². The number of rotatable bonds is 4. The molecule has 0 radical (unpaired) electrons. The van der Waals surface area contributed by atoms with Crippen LogP contribution in [-0.2, 0) is 0 Å². The molecule has 5 heteroatoms. The van der Waals surface area contributed by atoms with Crippen molar-refractivity contribution in [3.63, 3.8) is 0 Å². The summed E-state index contributed by atoms with van der Waals surface area (Å²) in [6.07, 6.45) is 0.515. The fourth-order valence-corrected chi connectivity index (χ4v) is 1.79. The number of para-hydroxylation sites is 1. The maximum Gasteiger partial charge on any atom is 0.141 e. The van der Waals surface area contributed by atoms with E-state index in [2.05, 4.69) is 33.1 Å². The Morgan fingerprint density at radius 2 is 2.27 bits per heavy atom. The Morgan fingerprint density at radius 3 is 2.87 bits per heavy atom. The topological polar surface area (TPSA) is 70.6 Å². The molecule has 0 aliphatic carbocycles. The number of amidine groups is 1. The summed E-state index contributed by atoms with van der Waals surface area (Å²) < 4.78 is 1.15. The van der Waals surface area contributed by atoms with E-state index in [0.29, 0.717) is 6.42 Å². The molecular weight excluding hydrogens is 305 g/mol. The van der Waals surface area contributed by atoms with E-state index in [0.717, 1.165) is 9.26 Å². The number of oxime groups is 1. The molecule has 0 saturated heterocycles. The highest BCUT2D eigenvalue weighted by Crippen LogP contribution is 2.18. The van der Waals surface area contributed by atoms with E-state index >= 15 is 0 Å². The van der Waals surface area contributed by atoms with E-state index in [1.165, 1.54) is 0 Å². The molecular formula is C10H14IN3O. The molecule has 82 valence electrons. The lowest BCUT2D eigenvalue weighted by molar-refractivity contribution is 0.316. The van der Waals surface area contributed by atoms with E-state index in [1.54, 1.807) is 0 Å². The van der Waals surface area contributed by atoms with Crippen LogP contribution in [0.2, 0.25) is 0 Å². The van der Waals surface area contributed by atoms with Gasteiger partial charge in [0, 0.05) is 21.7 Å². The highest BCUT2D eigenvalue weighted by Gasteiger charge is 2.06. The second kappa shape index (κ2) is 5.79. The largest absolute Gasteiger partial charge is 0.409 e. The van der Waals surface area contributed by atoms with Gasteiger partial charge >= 0.3 is 0 Å². The van der Waals surface area contributed by atoms with Crippen molar-refractivity contribution in [1.82, 2.24) is 0 Å². The number of hydrogen-bond acceptors (Lipinski definition) is 3. The highest BCUT2D eigenvalue weighted by molar-refractivity contribution is 14.1. The summed E-state index contributed by atoms with van der Waals surface area (Å²) in [6, 6.07) is 8.13. The van der Waals surface area contributed by atoms with Crippen LogP contribution in [-0.4, -0.2) is 17.1 Å². The fourth-order valence-electron chi connectivity index (χ4n) is 1.25. The number of nitrogens with one attached hydrogen (secondary N) is 1. The summed E-state index contributed by atoms with van der Waals surface area (Å²) in [5.41, 5.74) is 6.49. The molecule has 0 spiro atoms. The van der Waals surface area contributed by atoms with E-state index in [9.17, 15) is 0 Å². The standard InChI is InChI=1S/C10H14IN3O/c1-7(6-10(12)14-15)13-9-5-3-2-4-8(9)11/h2-5,7,13,15H,6H2,1H3,(H2,12,14). The summed E-state index contributed by atoms with van der Waals surface area (Å²) in [5, 5.41) is 14.7. The van der Waals surface area contributed by atoms with E-state index in [-0.39, 0.29) is 11.9 Å². The van der Waals surface area contributed by atoms with Crippen LogP contribution in [0, 0.1) is 3.57 Å². The quantitative estimate of drug-likeness (QED) is 0.262. The third-order valence-electron chi connectivity index (χ3n) is 1.92. The van der Waals surface area contributed by atoms with Gasteiger partial charge < -0.3 is 16.3 Å². The van der Waals surface area contributed by atoms with Crippen molar-refractivity contribution in [2.75, 3.05) is 5.32 Å². The first-order valence-electron chi connectivity index (χ1n) is 4.61. The summed E-state index contributed by atoms with van der Waals surface area (Å²) in [6.45, 7) is 1.99. The van der Waals surface area contributed by atoms with Gasteiger partial charge in [0.1, 0.15) is 5.84 Å². The highest BCUT2D eigenvalue weighted by atomic mass is 127. The molecule has 1 unspecified atom stereocenters. The first kappa shape index (κ1) is 12.1. The zero-order chi connectivity index (χ0) is 11.3. The van der Waals surface area contributed by atoms with Crippen molar-refractivity contribution in [2.45, 2.75) is 19.4 Å². The summed E-state index contributed by atoms with van der Waals surface area (Å²) in [4.78, 5) is 0. The van der Waals surface area contributed by atoms with Gasteiger partial charge in [0.05, 0.1) is 0 Å². The summed E-state index contributed by atoms with van der Waals surface area (Å²) in [7, 11) is 0. The van der Waals surface area contributed by atoms with Gasteiger partial charge in [-0.2, -0.15) is 0 Å². The average Bonchev–Trinajstić information content (AvgIpc) is 2.21. The maximum absolute atomic E-state index is 8.44. The Bertz CT molecular complexity index is 354. The molecule has 1 atom stereocenters. The van der Waals surface area contributed by atoms with Crippen molar-refractivity contribution >= 4 is 34.1 Å². The monoisotopic (exact) mass is 319 g/mol.